The lowest BCUT2D eigenvalue weighted by molar-refractivity contribution is -0.173. The van der Waals surface area contributed by atoms with E-state index in [4.69, 9.17) is 0 Å². The van der Waals surface area contributed by atoms with Crippen molar-refractivity contribution in [3.05, 3.63) is 30.0 Å². The third kappa shape index (κ3) is 3.94. The first-order valence-electron chi connectivity index (χ1n) is 6.23. The Balaban J connectivity index is 1.79. The minimum absolute atomic E-state index is 0.0181. The quantitative estimate of drug-likeness (QED) is 0.828. The number of benzene rings is 1. The third-order valence-corrected chi connectivity index (χ3v) is 2.82. The summed E-state index contributed by atoms with van der Waals surface area (Å²) in [5, 5.41) is 8.45. The fraction of sp³-hybridized carbons (Fsp3) is 0.462. The van der Waals surface area contributed by atoms with Gasteiger partial charge in [0.05, 0.1) is 17.8 Å². The molecule has 0 amide bonds. The number of hydrogen-bond acceptors (Lipinski definition) is 3. The number of alkyl halides is 3. The summed E-state index contributed by atoms with van der Waals surface area (Å²) in [6, 6.07) is 7.81. The van der Waals surface area contributed by atoms with E-state index in [2.05, 4.69) is 15.2 Å². The first-order chi connectivity index (χ1) is 9.47. The number of para-hydroxylation sites is 1. The van der Waals surface area contributed by atoms with Crippen molar-refractivity contribution in [1.82, 2.24) is 15.1 Å². The first-order valence-corrected chi connectivity index (χ1v) is 6.23. The summed E-state index contributed by atoms with van der Waals surface area (Å²) < 4.78 is 41.8. The lowest BCUT2D eigenvalue weighted by Crippen LogP contribution is -2.23. The topological polar surface area (TPSA) is 39.1 Å². The van der Waals surface area contributed by atoms with Gasteiger partial charge in [-0.1, -0.05) is 18.2 Å². The summed E-state index contributed by atoms with van der Waals surface area (Å²) >= 11 is 0. The fourth-order valence-corrected chi connectivity index (χ4v) is 1.96. The summed E-state index contributed by atoms with van der Waals surface area (Å²) in [7, 11) is 1.86. The Hall–Kier alpha value is -1.60. The van der Waals surface area contributed by atoms with Crippen molar-refractivity contribution in [3.63, 3.8) is 0 Å². The van der Waals surface area contributed by atoms with Crippen LogP contribution in [0.15, 0.2) is 24.3 Å². The molecule has 0 bridgehead atoms. The van der Waals surface area contributed by atoms with Crippen LogP contribution >= 0.6 is 0 Å². The zero-order valence-corrected chi connectivity index (χ0v) is 11.1. The van der Waals surface area contributed by atoms with E-state index < -0.39 is 12.8 Å². The van der Waals surface area contributed by atoms with E-state index in [1.165, 1.54) is 0 Å². The van der Waals surface area contributed by atoms with Gasteiger partial charge in [0, 0.05) is 25.5 Å². The zero-order chi connectivity index (χ0) is 14.6. The molecule has 20 heavy (non-hydrogen) atoms. The van der Waals surface area contributed by atoms with E-state index in [-0.39, 0.29) is 6.61 Å². The van der Waals surface area contributed by atoms with Gasteiger partial charge in [-0.3, -0.25) is 4.68 Å². The molecule has 0 aliphatic carbocycles. The molecule has 1 aromatic carbocycles. The molecule has 4 nitrogen and oxygen atoms in total. The van der Waals surface area contributed by atoms with Crippen molar-refractivity contribution >= 4 is 10.9 Å². The highest BCUT2D eigenvalue weighted by atomic mass is 19.4. The van der Waals surface area contributed by atoms with Crippen LogP contribution in [0.3, 0.4) is 0 Å². The standard InChI is InChI=1S/C13H16F3N3O/c1-19-12-5-3-2-4-10(12)11(18-19)8-17-6-7-20-9-13(14,15)16/h2-5,17H,6-9H2,1H3. The summed E-state index contributed by atoms with van der Waals surface area (Å²) in [4.78, 5) is 0. The Bertz CT molecular complexity index is 565. The maximum atomic E-state index is 11.8. The smallest absolute Gasteiger partial charge is 0.371 e. The molecule has 0 aliphatic heterocycles. The van der Waals surface area contributed by atoms with Gasteiger partial charge in [0.2, 0.25) is 0 Å². The second kappa shape index (κ2) is 6.23. The maximum absolute atomic E-state index is 11.8. The molecule has 0 spiro atoms. The van der Waals surface area contributed by atoms with Gasteiger partial charge in [-0.15, -0.1) is 0 Å². The van der Waals surface area contributed by atoms with Crippen LogP contribution in [0.4, 0.5) is 13.2 Å². The van der Waals surface area contributed by atoms with Crippen LogP contribution in [0.5, 0.6) is 0 Å². The normalized spacial score (nSPS) is 12.2. The average molecular weight is 287 g/mol. The number of nitrogens with one attached hydrogen (secondary N) is 1. The van der Waals surface area contributed by atoms with Crippen molar-refractivity contribution in [2.24, 2.45) is 7.05 Å². The van der Waals surface area contributed by atoms with Crippen molar-refractivity contribution in [2.45, 2.75) is 12.7 Å². The molecule has 1 aromatic heterocycles. The van der Waals surface area contributed by atoms with Gasteiger partial charge in [0.15, 0.2) is 0 Å². The summed E-state index contributed by atoms with van der Waals surface area (Å²) in [5.41, 5.74) is 1.90. The van der Waals surface area contributed by atoms with Crippen molar-refractivity contribution in [2.75, 3.05) is 19.8 Å². The predicted molar refractivity (Wildman–Crippen MR) is 69.3 cm³/mol. The Labute approximate surface area is 114 Å². The highest BCUT2D eigenvalue weighted by Crippen LogP contribution is 2.17. The molecule has 2 rings (SSSR count). The lowest BCUT2D eigenvalue weighted by atomic mass is 10.2. The van der Waals surface area contributed by atoms with Crippen LogP contribution in [-0.4, -0.2) is 35.7 Å². The van der Waals surface area contributed by atoms with Crippen LogP contribution in [0, 0.1) is 0 Å². The minimum atomic E-state index is -4.27. The van der Waals surface area contributed by atoms with Gasteiger partial charge in [-0.2, -0.15) is 18.3 Å². The number of hydrogen-bond donors (Lipinski definition) is 1. The van der Waals surface area contributed by atoms with E-state index in [0.29, 0.717) is 13.1 Å². The Morgan fingerprint density at radius 2 is 2.05 bits per heavy atom. The van der Waals surface area contributed by atoms with Crippen molar-refractivity contribution < 1.29 is 17.9 Å². The van der Waals surface area contributed by atoms with Gasteiger partial charge in [0.1, 0.15) is 6.61 Å². The molecule has 2 aromatic rings. The first kappa shape index (κ1) is 14.8. The molecule has 110 valence electrons. The molecule has 0 unspecified atom stereocenters. The van der Waals surface area contributed by atoms with E-state index in [0.717, 1.165) is 16.6 Å². The summed E-state index contributed by atoms with van der Waals surface area (Å²) in [5.74, 6) is 0. The lowest BCUT2D eigenvalue weighted by Gasteiger charge is -2.07. The summed E-state index contributed by atoms with van der Waals surface area (Å²) in [6.07, 6.45) is -4.27. The van der Waals surface area contributed by atoms with Crippen LogP contribution in [0.2, 0.25) is 0 Å². The number of nitrogens with zero attached hydrogens (tertiary/aromatic N) is 2. The molecule has 0 radical (unpaired) electrons. The van der Waals surface area contributed by atoms with Crippen LogP contribution in [0.25, 0.3) is 10.9 Å². The number of aromatic nitrogens is 2. The van der Waals surface area contributed by atoms with Gasteiger partial charge in [0.25, 0.3) is 0 Å². The molecule has 1 heterocycles. The predicted octanol–water partition coefficient (Wildman–Crippen LogP) is 2.24. The number of aryl methyl sites for hydroxylation is 1. The van der Waals surface area contributed by atoms with Gasteiger partial charge in [-0.25, -0.2) is 0 Å². The number of rotatable bonds is 6. The van der Waals surface area contributed by atoms with E-state index in [1.54, 1.807) is 4.68 Å². The molecule has 0 saturated carbocycles. The number of halogens is 3. The summed E-state index contributed by atoms with van der Waals surface area (Å²) in [6.45, 7) is -0.344. The van der Waals surface area contributed by atoms with Gasteiger partial charge >= 0.3 is 6.18 Å². The third-order valence-electron chi connectivity index (χ3n) is 2.82. The van der Waals surface area contributed by atoms with Crippen LogP contribution in [0.1, 0.15) is 5.69 Å². The molecular formula is C13H16F3N3O. The number of ether oxygens (including phenoxy) is 1. The molecular weight excluding hydrogens is 271 g/mol. The van der Waals surface area contributed by atoms with Crippen LogP contribution in [-0.2, 0) is 18.3 Å². The second-order valence-electron chi connectivity index (χ2n) is 4.43. The van der Waals surface area contributed by atoms with Crippen molar-refractivity contribution in [1.29, 1.82) is 0 Å². The Morgan fingerprint density at radius 3 is 2.80 bits per heavy atom. The molecule has 1 N–H and O–H groups in total. The molecule has 7 heteroatoms. The fourth-order valence-electron chi connectivity index (χ4n) is 1.96. The number of fused-ring (bicyclic) bond motifs is 1. The zero-order valence-electron chi connectivity index (χ0n) is 11.1. The molecule has 0 fully saturated rings. The van der Waals surface area contributed by atoms with Crippen molar-refractivity contribution in [3.8, 4) is 0 Å². The molecule has 0 aliphatic rings. The Kier molecular flexibility index (Phi) is 4.61. The SMILES string of the molecule is Cn1nc(CNCCOCC(F)(F)F)c2ccccc21. The average Bonchev–Trinajstić information content (AvgIpc) is 2.70. The maximum Gasteiger partial charge on any atom is 0.411 e. The van der Waals surface area contributed by atoms with Crippen LogP contribution < -0.4 is 5.32 Å². The van der Waals surface area contributed by atoms with Gasteiger partial charge in [-0.05, 0) is 6.07 Å². The van der Waals surface area contributed by atoms with Gasteiger partial charge < -0.3 is 10.1 Å². The van der Waals surface area contributed by atoms with E-state index in [9.17, 15) is 13.2 Å². The monoisotopic (exact) mass is 287 g/mol. The second-order valence-corrected chi connectivity index (χ2v) is 4.43. The molecule has 0 saturated heterocycles. The largest absolute Gasteiger partial charge is 0.411 e. The molecule has 0 atom stereocenters. The van der Waals surface area contributed by atoms with E-state index in [1.807, 2.05) is 31.3 Å². The highest BCUT2D eigenvalue weighted by Gasteiger charge is 2.27. The van der Waals surface area contributed by atoms with E-state index >= 15 is 0 Å². The minimum Gasteiger partial charge on any atom is -0.371 e. The highest BCUT2D eigenvalue weighted by molar-refractivity contribution is 5.81. The Morgan fingerprint density at radius 1 is 1.30 bits per heavy atom.